The lowest BCUT2D eigenvalue weighted by atomic mass is 10.0. The van der Waals surface area contributed by atoms with Crippen LogP contribution in [0.3, 0.4) is 0 Å². The summed E-state index contributed by atoms with van der Waals surface area (Å²) < 4.78 is 18.9. The maximum Gasteiger partial charge on any atom is 0.328 e. The van der Waals surface area contributed by atoms with Crippen molar-refractivity contribution in [3.8, 4) is 5.75 Å². The van der Waals surface area contributed by atoms with Crippen LogP contribution in [0.15, 0.2) is 36.1 Å². The fourth-order valence-electron chi connectivity index (χ4n) is 2.26. The fraction of sp³-hybridized carbons (Fsp3) is 0.412. The molecule has 1 aliphatic heterocycles. The molecular formula is C17H20ClNO4. The third-order valence-electron chi connectivity index (χ3n) is 3.29. The molecule has 1 aliphatic rings. The van der Waals surface area contributed by atoms with Crippen LogP contribution in [0.4, 0.5) is 0 Å². The predicted octanol–water partition coefficient (Wildman–Crippen LogP) is 3.03. The first-order chi connectivity index (χ1) is 11.3. The lowest BCUT2D eigenvalue weighted by molar-refractivity contribution is -0.151. The van der Waals surface area contributed by atoms with Gasteiger partial charge in [0.25, 0.3) is 5.91 Å². The van der Waals surface area contributed by atoms with Crippen molar-refractivity contribution < 1.29 is 20.4 Å². The molecule has 6 heteroatoms. The van der Waals surface area contributed by atoms with Gasteiger partial charge in [-0.1, -0.05) is 37.6 Å². The van der Waals surface area contributed by atoms with Crippen LogP contribution in [0.1, 0.15) is 21.6 Å². The second-order valence-corrected chi connectivity index (χ2v) is 6.01. The number of nitrogens with zero attached hydrogens (tertiary/aromatic N) is 1. The number of carbonyl (C=O) groups excluding carboxylic acids is 2. The Kier molecular flexibility index (Phi) is 5.18. The quantitative estimate of drug-likeness (QED) is 0.748. The van der Waals surface area contributed by atoms with Gasteiger partial charge >= 0.3 is 5.97 Å². The largest absolute Gasteiger partial charge is 0.467 e. The zero-order valence-electron chi connectivity index (χ0n) is 14.3. The molecule has 0 fully saturated rings. The van der Waals surface area contributed by atoms with E-state index < -0.39 is 17.9 Å². The van der Waals surface area contributed by atoms with Crippen LogP contribution in [0, 0.1) is 5.92 Å². The van der Waals surface area contributed by atoms with Crippen LogP contribution in [-0.4, -0.2) is 36.4 Å². The van der Waals surface area contributed by atoms with E-state index in [0.29, 0.717) is 16.5 Å². The summed E-state index contributed by atoms with van der Waals surface area (Å²) in [5, 5.41) is 0.414. The van der Waals surface area contributed by atoms with Crippen LogP contribution in [0.25, 0.3) is 0 Å². The number of methoxy groups -OCH3 is 1. The van der Waals surface area contributed by atoms with Crippen molar-refractivity contribution >= 4 is 23.5 Å². The second kappa shape index (κ2) is 7.51. The lowest BCUT2D eigenvalue weighted by Crippen LogP contribution is -2.44. The summed E-state index contributed by atoms with van der Waals surface area (Å²) in [5.41, 5.74) is 0. The Balaban J connectivity index is 2.21. The van der Waals surface area contributed by atoms with Gasteiger partial charge in [0.15, 0.2) is 0 Å². The van der Waals surface area contributed by atoms with Crippen molar-refractivity contribution in [1.29, 1.82) is 0 Å². The summed E-state index contributed by atoms with van der Waals surface area (Å²) in [6.45, 7) is 3.76. The highest BCUT2D eigenvalue weighted by molar-refractivity contribution is 6.32. The Morgan fingerprint density at radius 3 is 2.74 bits per heavy atom. The summed E-state index contributed by atoms with van der Waals surface area (Å²) in [7, 11) is 1.21. The van der Waals surface area contributed by atoms with E-state index in [9.17, 15) is 9.59 Å². The number of halogens is 1. The van der Waals surface area contributed by atoms with Gasteiger partial charge in [-0.05, 0) is 24.5 Å². The van der Waals surface area contributed by atoms with E-state index >= 15 is 0 Å². The minimum absolute atomic E-state index is 0.00930. The van der Waals surface area contributed by atoms with Crippen molar-refractivity contribution in [2.45, 2.75) is 26.3 Å². The fourth-order valence-corrected chi connectivity index (χ4v) is 2.44. The van der Waals surface area contributed by atoms with E-state index in [4.69, 9.17) is 22.4 Å². The molecule has 23 heavy (non-hydrogen) atoms. The third-order valence-corrected chi connectivity index (χ3v) is 3.60. The van der Waals surface area contributed by atoms with Crippen molar-refractivity contribution in [2.24, 2.45) is 5.92 Å². The zero-order chi connectivity index (χ0) is 17.9. The molecule has 0 N–H and O–H groups in total. The number of amides is 1. The first-order valence-corrected chi connectivity index (χ1v) is 7.68. The van der Waals surface area contributed by atoms with Gasteiger partial charge in [0.2, 0.25) is 0 Å². The van der Waals surface area contributed by atoms with E-state index in [1.807, 2.05) is 13.8 Å². The smallest absolute Gasteiger partial charge is 0.328 e. The van der Waals surface area contributed by atoms with E-state index in [0.717, 1.165) is 4.90 Å². The highest BCUT2D eigenvalue weighted by Crippen LogP contribution is 2.28. The molecule has 1 amide bonds. The Labute approximate surface area is 142 Å². The molecule has 0 spiro atoms. The van der Waals surface area contributed by atoms with E-state index in [1.54, 1.807) is 24.3 Å². The molecule has 1 unspecified atom stereocenters. The molecular weight excluding hydrogens is 318 g/mol. The predicted molar refractivity (Wildman–Crippen MR) is 87.1 cm³/mol. The molecule has 0 saturated heterocycles. The summed E-state index contributed by atoms with van der Waals surface area (Å²) >= 11 is 6.05. The van der Waals surface area contributed by atoms with Crippen LogP contribution in [0.2, 0.25) is 5.02 Å². The lowest BCUT2D eigenvalue weighted by Gasteiger charge is -2.27. The molecule has 5 nitrogen and oxygen atoms in total. The monoisotopic (exact) mass is 338 g/mol. The molecule has 2 rings (SSSR count). The molecule has 1 heterocycles. The first kappa shape index (κ1) is 15.9. The SMILES string of the molecule is [2H]C(CC(C)C)(C(=O)OC)N1CC(Oc2ccccc2Cl)=CC1=O. The van der Waals surface area contributed by atoms with Crippen molar-refractivity contribution in [1.82, 2.24) is 4.90 Å². The number of hydrogen-bond donors (Lipinski definition) is 0. The average Bonchev–Trinajstić information content (AvgIpc) is 2.89. The van der Waals surface area contributed by atoms with Crippen molar-refractivity contribution in [3.05, 3.63) is 41.1 Å². The van der Waals surface area contributed by atoms with Gasteiger partial charge in [0.05, 0.1) is 20.0 Å². The minimum atomic E-state index is -1.79. The van der Waals surface area contributed by atoms with Crippen LogP contribution in [0.5, 0.6) is 5.75 Å². The molecule has 0 aliphatic carbocycles. The second-order valence-electron chi connectivity index (χ2n) is 5.60. The normalized spacial score (nSPS) is 17.6. The van der Waals surface area contributed by atoms with E-state index in [-0.39, 0.29) is 18.9 Å². The number of esters is 1. The number of ether oxygens (including phenoxy) is 2. The van der Waals surface area contributed by atoms with Crippen molar-refractivity contribution in [2.75, 3.05) is 13.7 Å². The summed E-state index contributed by atoms with van der Waals surface area (Å²) in [6.07, 6.45) is 1.44. The Morgan fingerprint density at radius 2 is 2.13 bits per heavy atom. The number of para-hydroxylation sites is 1. The maximum absolute atomic E-state index is 12.3. The highest BCUT2D eigenvalue weighted by Gasteiger charge is 2.35. The number of rotatable bonds is 6. The highest BCUT2D eigenvalue weighted by atomic mass is 35.5. The topological polar surface area (TPSA) is 55.8 Å². The van der Waals surface area contributed by atoms with Crippen LogP contribution in [-0.2, 0) is 14.3 Å². The van der Waals surface area contributed by atoms with Crippen LogP contribution < -0.4 is 4.74 Å². The van der Waals surface area contributed by atoms with Crippen molar-refractivity contribution in [3.63, 3.8) is 0 Å². The molecule has 1 aromatic carbocycles. The van der Waals surface area contributed by atoms with Crippen LogP contribution >= 0.6 is 11.6 Å². The number of hydrogen-bond acceptors (Lipinski definition) is 4. The van der Waals surface area contributed by atoms with Gasteiger partial charge in [-0.2, -0.15) is 0 Å². The Bertz CT molecular complexity index is 676. The van der Waals surface area contributed by atoms with E-state index in [1.165, 1.54) is 13.2 Å². The molecule has 0 bridgehead atoms. The van der Waals surface area contributed by atoms with Gasteiger partial charge in [-0.25, -0.2) is 4.79 Å². The van der Waals surface area contributed by atoms with Gasteiger partial charge in [-0.3, -0.25) is 4.79 Å². The molecule has 0 aromatic heterocycles. The summed E-state index contributed by atoms with van der Waals surface area (Å²) in [6, 6.07) is 5.09. The third kappa shape index (κ3) is 4.26. The Hall–Kier alpha value is -2.01. The minimum Gasteiger partial charge on any atom is -0.467 e. The van der Waals surface area contributed by atoms with Gasteiger partial charge in [0, 0.05) is 6.08 Å². The molecule has 0 saturated carbocycles. The summed E-state index contributed by atoms with van der Waals surface area (Å²) in [5.74, 6) is -0.451. The molecule has 124 valence electrons. The van der Waals surface area contributed by atoms with Gasteiger partial charge < -0.3 is 14.4 Å². The molecule has 0 radical (unpaired) electrons. The molecule has 1 aromatic rings. The van der Waals surface area contributed by atoms with Gasteiger partial charge in [-0.15, -0.1) is 0 Å². The van der Waals surface area contributed by atoms with E-state index in [2.05, 4.69) is 0 Å². The summed E-state index contributed by atoms with van der Waals surface area (Å²) in [4.78, 5) is 25.6. The maximum atomic E-state index is 12.3. The first-order valence-electron chi connectivity index (χ1n) is 7.81. The average molecular weight is 339 g/mol. The van der Waals surface area contributed by atoms with Gasteiger partial charge in [0.1, 0.15) is 17.5 Å². The zero-order valence-corrected chi connectivity index (χ0v) is 14.1. The Morgan fingerprint density at radius 1 is 1.43 bits per heavy atom. The standard InChI is InChI=1S/C17H20ClNO4/c1-11(2)8-14(17(21)22-3)19-10-12(9-16(19)20)23-15-7-5-4-6-13(15)18/h4-7,9,11,14H,8,10H2,1-3H3/i14D. The number of benzene rings is 1. The number of carbonyl (C=O) groups is 2. The molecule has 1 atom stereocenters.